The molecular formula is C26H30FN3O3. The van der Waals surface area contributed by atoms with Gasteiger partial charge in [-0.15, -0.1) is 0 Å². The normalized spacial score (nSPS) is 10.7. The fraction of sp³-hybridized carbons (Fsp3) is 0.308. The summed E-state index contributed by atoms with van der Waals surface area (Å²) >= 11 is 0. The number of anilines is 1. The van der Waals surface area contributed by atoms with Gasteiger partial charge in [0.15, 0.2) is 0 Å². The van der Waals surface area contributed by atoms with E-state index < -0.39 is 0 Å². The van der Waals surface area contributed by atoms with Gasteiger partial charge in [-0.3, -0.25) is 4.79 Å². The fourth-order valence-corrected chi connectivity index (χ4v) is 3.44. The molecule has 1 heterocycles. The Morgan fingerprint density at radius 1 is 0.970 bits per heavy atom. The Kier molecular flexibility index (Phi) is 8.24. The van der Waals surface area contributed by atoms with Crippen molar-refractivity contribution in [2.45, 2.75) is 40.3 Å². The number of halogens is 1. The lowest BCUT2D eigenvalue weighted by Crippen LogP contribution is -2.44. The standard InChI is InChI=1S/C26H30FN3O3/c1-4-13-29(26(32)28-23-12-7-19(2)20(3)15-23)18-25(31)30(17-24-6-5-14-33-24)16-21-8-10-22(27)11-9-21/h5-12,14-15H,4,13,16-18H2,1-3H3,(H,28,32). The molecule has 3 amide bonds. The SMILES string of the molecule is CCCN(CC(=O)N(Cc1ccc(F)cc1)Cc1ccco1)C(=O)Nc1ccc(C)c(C)c1. The summed E-state index contributed by atoms with van der Waals surface area (Å²) in [6.07, 6.45) is 2.26. The zero-order chi connectivity index (χ0) is 23.8. The number of hydrogen-bond donors (Lipinski definition) is 1. The number of carbonyl (C=O) groups is 2. The molecule has 0 saturated carbocycles. The molecule has 0 bridgehead atoms. The van der Waals surface area contributed by atoms with Gasteiger partial charge in [0.2, 0.25) is 5.91 Å². The molecule has 0 atom stereocenters. The summed E-state index contributed by atoms with van der Waals surface area (Å²) in [6.45, 7) is 6.85. The third-order valence-corrected chi connectivity index (χ3v) is 5.43. The first-order valence-electron chi connectivity index (χ1n) is 11.0. The zero-order valence-electron chi connectivity index (χ0n) is 19.3. The quantitative estimate of drug-likeness (QED) is 0.467. The number of nitrogens with one attached hydrogen (secondary N) is 1. The summed E-state index contributed by atoms with van der Waals surface area (Å²) in [4.78, 5) is 29.3. The molecule has 0 aliphatic rings. The average molecular weight is 452 g/mol. The van der Waals surface area contributed by atoms with Gasteiger partial charge < -0.3 is 19.5 Å². The predicted octanol–water partition coefficient (Wildman–Crippen LogP) is 5.51. The minimum atomic E-state index is -0.334. The van der Waals surface area contributed by atoms with Crippen LogP contribution in [0.5, 0.6) is 0 Å². The highest BCUT2D eigenvalue weighted by Gasteiger charge is 2.22. The molecule has 0 radical (unpaired) electrons. The smallest absolute Gasteiger partial charge is 0.322 e. The van der Waals surface area contributed by atoms with E-state index in [1.165, 1.54) is 17.0 Å². The first-order valence-corrected chi connectivity index (χ1v) is 11.0. The number of rotatable bonds is 9. The van der Waals surface area contributed by atoms with Crippen LogP contribution in [0.25, 0.3) is 0 Å². The van der Waals surface area contributed by atoms with Gasteiger partial charge in [-0.2, -0.15) is 0 Å². The highest BCUT2D eigenvalue weighted by molar-refractivity contribution is 5.92. The van der Waals surface area contributed by atoms with E-state index in [0.29, 0.717) is 24.4 Å². The Balaban J connectivity index is 1.73. The summed E-state index contributed by atoms with van der Waals surface area (Å²) in [5.41, 5.74) is 3.70. The van der Waals surface area contributed by atoms with Crippen molar-refractivity contribution in [2.24, 2.45) is 0 Å². The first kappa shape index (κ1) is 24.0. The lowest BCUT2D eigenvalue weighted by Gasteiger charge is -2.27. The minimum absolute atomic E-state index is 0.0770. The Morgan fingerprint density at radius 2 is 1.73 bits per heavy atom. The molecule has 0 aliphatic heterocycles. The minimum Gasteiger partial charge on any atom is -0.467 e. The number of hydrogen-bond acceptors (Lipinski definition) is 3. The highest BCUT2D eigenvalue weighted by atomic mass is 19.1. The molecule has 3 aromatic rings. The van der Waals surface area contributed by atoms with Gasteiger partial charge in [0.05, 0.1) is 12.8 Å². The molecule has 174 valence electrons. The lowest BCUT2D eigenvalue weighted by atomic mass is 10.1. The molecule has 33 heavy (non-hydrogen) atoms. The number of benzene rings is 2. The van der Waals surface area contributed by atoms with Crippen molar-refractivity contribution in [3.05, 3.63) is 89.1 Å². The van der Waals surface area contributed by atoms with Crippen LogP contribution in [0.2, 0.25) is 0 Å². The molecular weight excluding hydrogens is 421 g/mol. The van der Waals surface area contributed by atoms with Crippen LogP contribution in [0.15, 0.2) is 65.3 Å². The summed E-state index contributed by atoms with van der Waals surface area (Å²) in [6, 6.07) is 15.0. The van der Waals surface area contributed by atoms with Gasteiger partial charge in [0.1, 0.15) is 18.1 Å². The van der Waals surface area contributed by atoms with E-state index in [9.17, 15) is 14.0 Å². The van der Waals surface area contributed by atoms with Gasteiger partial charge >= 0.3 is 6.03 Å². The second-order valence-corrected chi connectivity index (χ2v) is 8.11. The summed E-state index contributed by atoms with van der Waals surface area (Å²) in [5.74, 6) is 0.0753. The molecule has 3 rings (SSSR count). The van der Waals surface area contributed by atoms with E-state index in [1.54, 1.807) is 35.4 Å². The predicted molar refractivity (Wildman–Crippen MR) is 126 cm³/mol. The van der Waals surface area contributed by atoms with E-state index in [2.05, 4.69) is 5.32 Å². The van der Waals surface area contributed by atoms with Crippen molar-refractivity contribution >= 4 is 17.6 Å². The van der Waals surface area contributed by atoms with E-state index in [-0.39, 0.29) is 37.4 Å². The van der Waals surface area contributed by atoms with Crippen LogP contribution >= 0.6 is 0 Å². The first-order chi connectivity index (χ1) is 15.9. The molecule has 7 heteroatoms. The van der Waals surface area contributed by atoms with Crippen LogP contribution in [-0.2, 0) is 17.9 Å². The molecule has 1 aromatic heterocycles. The number of urea groups is 1. The zero-order valence-corrected chi connectivity index (χ0v) is 19.3. The summed E-state index contributed by atoms with van der Waals surface area (Å²) in [7, 11) is 0. The van der Waals surface area contributed by atoms with Crippen LogP contribution in [0.1, 0.15) is 35.8 Å². The Morgan fingerprint density at radius 3 is 2.36 bits per heavy atom. The van der Waals surface area contributed by atoms with E-state index in [4.69, 9.17) is 4.42 Å². The number of nitrogens with zero attached hydrogens (tertiary/aromatic N) is 2. The van der Waals surface area contributed by atoms with Gasteiger partial charge in [0.25, 0.3) is 0 Å². The lowest BCUT2D eigenvalue weighted by molar-refractivity contribution is -0.133. The topological polar surface area (TPSA) is 65.8 Å². The molecule has 6 nitrogen and oxygen atoms in total. The van der Waals surface area contributed by atoms with Crippen LogP contribution in [0, 0.1) is 19.7 Å². The van der Waals surface area contributed by atoms with Crippen LogP contribution in [0.3, 0.4) is 0 Å². The van der Waals surface area contributed by atoms with Gasteiger partial charge in [-0.1, -0.05) is 25.1 Å². The van der Waals surface area contributed by atoms with Gasteiger partial charge in [-0.05, 0) is 73.4 Å². The summed E-state index contributed by atoms with van der Waals surface area (Å²) in [5, 5.41) is 2.90. The van der Waals surface area contributed by atoms with Crippen LogP contribution < -0.4 is 5.32 Å². The van der Waals surface area contributed by atoms with E-state index >= 15 is 0 Å². The van der Waals surface area contributed by atoms with Crippen molar-refractivity contribution in [3.63, 3.8) is 0 Å². The van der Waals surface area contributed by atoms with Gasteiger partial charge in [-0.25, -0.2) is 9.18 Å². The Hall–Kier alpha value is -3.61. The number of carbonyl (C=O) groups excluding carboxylic acids is 2. The van der Waals surface area contributed by atoms with Crippen molar-refractivity contribution in [2.75, 3.05) is 18.4 Å². The summed E-state index contributed by atoms with van der Waals surface area (Å²) < 4.78 is 18.7. The third kappa shape index (κ3) is 6.94. The van der Waals surface area contributed by atoms with Crippen molar-refractivity contribution in [1.82, 2.24) is 9.80 Å². The Bertz CT molecular complexity index is 1060. The molecule has 0 saturated heterocycles. The van der Waals surface area contributed by atoms with Crippen LogP contribution in [0.4, 0.5) is 14.9 Å². The monoisotopic (exact) mass is 451 g/mol. The molecule has 0 fully saturated rings. The molecule has 0 aliphatic carbocycles. The maximum atomic E-state index is 13.3. The number of aryl methyl sites for hydroxylation is 2. The highest BCUT2D eigenvalue weighted by Crippen LogP contribution is 2.16. The fourth-order valence-electron chi connectivity index (χ4n) is 3.44. The van der Waals surface area contributed by atoms with Crippen molar-refractivity contribution < 1.29 is 18.4 Å². The second kappa shape index (κ2) is 11.3. The molecule has 2 aromatic carbocycles. The van der Waals surface area contributed by atoms with E-state index in [0.717, 1.165) is 16.7 Å². The van der Waals surface area contributed by atoms with Gasteiger partial charge in [0, 0.05) is 18.8 Å². The second-order valence-electron chi connectivity index (χ2n) is 8.11. The third-order valence-electron chi connectivity index (χ3n) is 5.43. The van der Waals surface area contributed by atoms with E-state index in [1.807, 2.05) is 39.0 Å². The maximum Gasteiger partial charge on any atom is 0.322 e. The molecule has 1 N–H and O–H groups in total. The Labute approximate surface area is 194 Å². The number of amides is 3. The molecule has 0 spiro atoms. The van der Waals surface area contributed by atoms with Crippen LogP contribution in [-0.4, -0.2) is 34.8 Å². The molecule has 0 unspecified atom stereocenters. The maximum absolute atomic E-state index is 13.3. The largest absolute Gasteiger partial charge is 0.467 e. The average Bonchev–Trinajstić information content (AvgIpc) is 3.30. The number of furan rings is 1. The van der Waals surface area contributed by atoms with Crippen molar-refractivity contribution in [1.29, 1.82) is 0 Å². The van der Waals surface area contributed by atoms with Crippen molar-refractivity contribution in [3.8, 4) is 0 Å².